The van der Waals surface area contributed by atoms with Crippen molar-refractivity contribution in [1.82, 2.24) is 20.6 Å². The third-order valence-corrected chi connectivity index (χ3v) is 4.69. The number of rotatable bonds is 6. The first kappa shape index (κ1) is 20.3. The van der Waals surface area contributed by atoms with Gasteiger partial charge in [-0.05, 0) is 30.0 Å². The Labute approximate surface area is 168 Å². The summed E-state index contributed by atoms with van der Waals surface area (Å²) in [4.78, 5) is 36.9. The summed E-state index contributed by atoms with van der Waals surface area (Å²) in [5.41, 5.74) is 6.69. The van der Waals surface area contributed by atoms with E-state index in [1.165, 1.54) is 12.6 Å². The summed E-state index contributed by atoms with van der Waals surface area (Å²) in [6.45, 7) is 2.15. The van der Waals surface area contributed by atoms with E-state index in [2.05, 4.69) is 22.9 Å². The number of hydrogen-bond donors (Lipinski definition) is 2. The van der Waals surface area contributed by atoms with Crippen LogP contribution in [0.5, 0.6) is 0 Å². The Bertz CT molecular complexity index is 1090. The van der Waals surface area contributed by atoms with Crippen molar-refractivity contribution in [3.63, 3.8) is 0 Å². The van der Waals surface area contributed by atoms with Crippen molar-refractivity contribution in [3.05, 3.63) is 75.7 Å². The third kappa shape index (κ3) is 4.87. The van der Waals surface area contributed by atoms with Gasteiger partial charge >= 0.3 is 0 Å². The lowest BCUT2D eigenvalue weighted by molar-refractivity contribution is -0.121. The Morgan fingerprint density at radius 3 is 2.31 bits per heavy atom. The van der Waals surface area contributed by atoms with Gasteiger partial charge in [0.1, 0.15) is 0 Å². The smallest absolute Gasteiger partial charge is 0.273 e. The molecule has 7 heteroatoms. The van der Waals surface area contributed by atoms with E-state index in [-0.39, 0.29) is 23.6 Å². The van der Waals surface area contributed by atoms with Crippen molar-refractivity contribution in [2.75, 3.05) is 0 Å². The van der Waals surface area contributed by atoms with Crippen LogP contribution in [0.1, 0.15) is 41.4 Å². The second-order valence-electron chi connectivity index (χ2n) is 6.92. The first-order chi connectivity index (χ1) is 14.0. The Hall–Kier alpha value is -3.48. The maximum atomic E-state index is 12.5. The highest BCUT2D eigenvalue weighted by molar-refractivity contribution is 6.05. The SMILES string of the molecule is CCCCc1ccc(CC(=O)NNC(=O)c2nn(C)c(=O)c3ccccc23)cc1. The monoisotopic (exact) mass is 392 g/mol. The van der Waals surface area contributed by atoms with Crippen molar-refractivity contribution >= 4 is 22.6 Å². The molecule has 2 amide bonds. The fraction of sp³-hybridized carbons (Fsp3) is 0.273. The molecule has 7 nitrogen and oxygen atoms in total. The van der Waals surface area contributed by atoms with Crippen LogP contribution in [0.15, 0.2) is 53.3 Å². The van der Waals surface area contributed by atoms with Crippen LogP contribution in [0.2, 0.25) is 0 Å². The minimum absolute atomic E-state index is 0.0725. The Morgan fingerprint density at radius 1 is 0.966 bits per heavy atom. The number of nitrogens with one attached hydrogen (secondary N) is 2. The Morgan fingerprint density at radius 2 is 1.62 bits per heavy atom. The minimum atomic E-state index is -0.583. The lowest BCUT2D eigenvalue weighted by Crippen LogP contribution is -2.43. The molecule has 0 saturated carbocycles. The van der Waals surface area contributed by atoms with Gasteiger partial charge in [-0.15, -0.1) is 0 Å². The number of unbranched alkanes of at least 4 members (excludes halogenated alkanes) is 1. The molecule has 0 radical (unpaired) electrons. The molecule has 1 aromatic heterocycles. The molecule has 0 aliphatic rings. The predicted octanol–water partition coefficient (Wildman–Crippen LogP) is 2.28. The van der Waals surface area contributed by atoms with E-state index in [0.717, 1.165) is 29.5 Å². The third-order valence-electron chi connectivity index (χ3n) is 4.69. The van der Waals surface area contributed by atoms with Crippen LogP contribution in [-0.2, 0) is 24.7 Å². The summed E-state index contributed by atoms with van der Waals surface area (Å²) in [5.74, 6) is -0.922. The number of benzene rings is 2. The highest BCUT2D eigenvalue weighted by atomic mass is 16.2. The maximum absolute atomic E-state index is 12.5. The zero-order valence-corrected chi connectivity index (χ0v) is 16.6. The topological polar surface area (TPSA) is 93.1 Å². The Balaban J connectivity index is 1.64. The number of amides is 2. The van der Waals surface area contributed by atoms with Crippen molar-refractivity contribution in [2.24, 2.45) is 7.05 Å². The average molecular weight is 392 g/mol. The lowest BCUT2D eigenvalue weighted by Gasteiger charge is -2.10. The highest BCUT2D eigenvalue weighted by Gasteiger charge is 2.16. The van der Waals surface area contributed by atoms with Gasteiger partial charge in [-0.3, -0.25) is 25.2 Å². The molecular weight excluding hydrogens is 368 g/mol. The second-order valence-corrected chi connectivity index (χ2v) is 6.92. The van der Waals surface area contributed by atoms with Crippen LogP contribution in [0.3, 0.4) is 0 Å². The fourth-order valence-electron chi connectivity index (χ4n) is 3.09. The molecule has 0 fully saturated rings. The van der Waals surface area contributed by atoms with Crippen molar-refractivity contribution in [1.29, 1.82) is 0 Å². The van der Waals surface area contributed by atoms with Crippen LogP contribution in [-0.4, -0.2) is 21.6 Å². The Kier molecular flexibility index (Phi) is 6.39. The highest BCUT2D eigenvalue weighted by Crippen LogP contribution is 2.12. The maximum Gasteiger partial charge on any atom is 0.290 e. The molecule has 1 heterocycles. The average Bonchev–Trinajstić information content (AvgIpc) is 2.74. The van der Waals surface area contributed by atoms with Crippen molar-refractivity contribution in [3.8, 4) is 0 Å². The summed E-state index contributed by atoms with van der Waals surface area (Å²) >= 11 is 0. The number of hydrazine groups is 1. The number of aromatic nitrogens is 2. The van der Waals surface area contributed by atoms with Crippen molar-refractivity contribution in [2.45, 2.75) is 32.6 Å². The normalized spacial score (nSPS) is 10.7. The summed E-state index contributed by atoms with van der Waals surface area (Å²) in [7, 11) is 1.48. The molecule has 150 valence electrons. The molecular formula is C22H24N4O3. The van der Waals surface area contributed by atoms with Gasteiger partial charge in [0.05, 0.1) is 11.8 Å². The van der Waals surface area contributed by atoms with Crippen LogP contribution in [0, 0.1) is 0 Å². The quantitative estimate of drug-likeness (QED) is 0.630. The number of fused-ring (bicyclic) bond motifs is 1. The number of carbonyl (C=O) groups is 2. The first-order valence-corrected chi connectivity index (χ1v) is 9.62. The molecule has 0 saturated heterocycles. The van der Waals surface area contributed by atoms with Gasteiger partial charge in [0.2, 0.25) is 5.91 Å². The van der Waals surface area contributed by atoms with E-state index < -0.39 is 5.91 Å². The summed E-state index contributed by atoms with van der Waals surface area (Å²) in [6.07, 6.45) is 3.46. The van der Waals surface area contributed by atoms with Gasteiger partial charge in [0.25, 0.3) is 11.5 Å². The number of nitrogens with zero attached hydrogens (tertiary/aromatic N) is 2. The molecule has 0 atom stereocenters. The molecule has 0 bridgehead atoms. The van der Waals surface area contributed by atoms with Crippen LogP contribution >= 0.6 is 0 Å². The molecule has 29 heavy (non-hydrogen) atoms. The van der Waals surface area contributed by atoms with Gasteiger partial charge in [-0.1, -0.05) is 55.8 Å². The second kappa shape index (κ2) is 9.14. The van der Waals surface area contributed by atoms with Gasteiger partial charge in [0, 0.05) is 12.4 Å². The molecule has 0 unspecified atom stereocenters. The summed E-state index contributed by atoms with van der Waals surface area (Å²) in [6, 6.07) is 14.6. The summed E-state index contributed by atoms with van der Waals surface area (Å²) < 4.78 is 1.11. The van der Waals surface area contributed by atoms with Crippen LogP contribution in [0.25, 0.3) is 10.8 Å². The molecule has 2 aromatic carbocycles. The van der Waals surface area contributed by atoms with Gasteiger partial charge in [0.15, 0.2) is 5.69 Å². The number of aryl methyl sites for hydroxylation is 2. The largest absolute Gasteiger partial charge is 0.290 e. The molecule has 3 aromatic rings. The molecule has 2 N–H and O–H groups in total. The molecule has 0 aliphatic carbocycles. The van der Waals surface area contributed by atoms with E-state index >= 15 is 0 Å². The predicted molar refractivity (Wildman–Crippen MR) is 111 cm³/mol. The zero-order chi connectivity index (χ0) is 20.8. The van der Waals surface area contributed by atoms with Gasteiger partial charge < -0.3 is 0 Å². The van der Waals surface area contributed by atoms with Crippen LogP contribution in [0.4, 0.5) is 0 Å². The van der Waals surface area contributed by atoms with E-state index in [1.807, 2.05) is 24.3 Å². The summed E-state index contributed by atoms with van der Waals surface area (Å²) in [5, 5.41) is 4.87. The fourth-order valence-corrected chi connectivity index (χ4v) is 3.09. The van der Waals surface area contributed by atoms with Crippen molar-refractivity contribution < 1.29 is 9.59 Å². The van der Waals surface area contributed by atoms with Crippen LogP contribution < -0.4 is 16.4 Å². The van der Waals surface area contributed by atoms with Gasteiger partial charge in [-0.2, -0.15) is 5.10 Å². The molecule has 3 rings (SSSR count). The number of carbonyl (C=O) groups excluding carboxylic acids is 2. The standard InChI is InChI=1S/C22H24N4O3/c1-3-4-7-15-10-12-16(13-11-15)14-19(27)23-24-21(28)20-17-8-5-6-9-18(17)22(29)26(2)25-20/h5-6,8-13H,3-4,7,14H2,1-2H3,(H,23,27)(H,24,28). The van der Waals surface area contributed by atoms with Gasteiger partial charge in [-0.25, -0.2) is 4.68 Å². The molecule has 0 aliphatic heterocycles. The lowest BCUT2D eigenvalue weighted by atomic mass is 10.0. The van der Waals surface area contributed by atoms with E-state index in [4.69, 9.17) is 0 Å². The van der Waals surface area contributed by atoms with E-state index in [9.17, 15) is 14.4 Å². The zero-order valence-electron chi connectivity index (χ0n) is 16.6. The van der Waals surface area contributed by atoms with E-state index in [0.29, 0.717) is 10.8 Å². The van der Waals surface area contributed by atoms with E-state index in [1.54, 1.807) is 24.3 Å². The minimum Gasteiger partial charge on any atom is -0.273 e. The first-order valence-electron chi connectivity index (χ1n) is 9.62. The number of hydrogen-bond acceptors (Lipinski definition) is 4. The molecule has 0 spiro atoms.